The van der Waals surface area contributed by atoms with Crippen molar-refractivity contribution in [2.75, 3.05) is 33.0 Å². The number of hydrogen-bond donors (Lipinski definition) is 3. The lowest BCUT2D eigenvalue weighted by Crippen LogP contribution is -2.39. The number of amides is 3. The van der Waals surface area contributed by atoms with Crippen LogP contribution in [0, 0.1) is 0 Å². The Morgan fingerprint density at radius 2 is 1.78 bits per heavy atom. The summed E-state index contributed by atoms with van der Waals surface area (Å²) in [6.45, 7) is 1.38. The molecule has 27 heavy (non-hydrogen) atoms. The summed E-state index contributed by atoms with van der Waals surface area (Å²) in [6, 6.07) is 4.63. The van der Waals surface area contributed by atoms with Crippen LogP contribution in [0.1, 0.15) is 23.7 Å². The van der Waals surface area contributed by atoms with Crippen molar-refractivity contribution in [3.63, 3.8) is 0 Å². The molecule has 2 rings (SSSR count). The third-order valence-corrected chi connectivity index (χ3v) is 3.41. The first-order valence-corrected chi connectivity index (χ1v) is 8.36. The van der Waals surface area contributed by atoms with Gasteiger partial charge in [-0.15, -0.1) is 0 Å². The van der Waals surface area contributed by atoms with Gasteiger partial charge in [-0.3, -0.25) is 19.2 Å². The first kappa shape index (κ1) is 20.0. The van der Waals surface area contributed by atoms with Crippen molar-refractivity contribution in [1.82, 2.24) is 16.0 Å². The van der Waals surface area contributed by atoms with Gasteiger partial charge in [0, 0.05) is 12.1 Å². The SMILES string of the molecule is CCCNC(=O)CNC(=O)COC(=O)CNC(=O)c1ccc2c(c1)OCO2. The third-order valence-electron chi connectivity index (χ3n) is 3.41. The first-order chi connectivity index (χ1) is 13.0. The van der Waals surface area contributed by atoms with Crippen molar-refractivity contribution in [2.24, 2.45) is 0 Å². The Hall–Kier alpha value is -3.30. The molecule has 0 spiro atoms. The average Bonchev–Trinajstić information content (AvgIpc) is 3.14. The van der Waals surface area contributed by atoms with Gasteiger partial charge in [0.05, 0.1) is 6.54 Å². The van der Waals surface area contributed by atoms with Crippen molar-refractivity contribution in [3.8, 4) is 11.5 Å². The summed E-state index contributed by atoms with van der Waals surface area (Å²) in [5.41, 5.74) is 0.294. The molecule has 0 atom stereocenters. The van der Waals surface area contributed by atoms with E-state index in [0.717, 1.165) is 6.42 Å². The molecule has 0 aliphatic carbocycles. The zero-order chi connectivity index (χ0) is 19.6. The van der Waals surface area contributed by atoms with Crippen molar-refractivity contribution in [2.45, 2.75) is 13.3 Å². The van der Waals surface area contributed by atoms with E-state index in [1.165, 1.54) is 12.1 Å². The van der Waals surface area contributed by atoms with E-state index in [0.29, 0.717) is 23.6 Å². The van der Waals surface area contributed by atoms with E-state index in [4.69, 9.17) is 14.2 Å². The lowest BCUT2D eigenvalue weighted by molar-refractivity contribution is -0.147. The third kappa shape index (κ3) is 6.49. The maximum atomic E-state index is 12.0. The second kappa shape index (κ2) is 10.00. The van der Waals surface area contributed by atoms with Crippen LogP contribution in [0.2, 0.25) is 0 Å². The molecule has 1 heterocycles. The molecule has 10 nitrogen and oxygen atoms in total. The highest BCUT2D eigenvalue weighted by molar-refractivity contribution is 5.96. The summed E-state index contributed by atoms with van der Waals surface area (Å²) in [5.74, 6) is -1.23. The number of fused-ring (bicyclic) bond motifs is 1. The summed E-state index contributed by atoms with van der Waals surface area (Å²) in [4.78, 5) is 46.5. The van der Waals surface area contributed by atoms with Crippen LogP contribution in [0.5, 0.6) is 11.5 Å². The molecular formula is C17H21N3O7. The quantitative estimate of drug-likeness (QED) is 0.485. The maximum Gasteiger partial charge on any atom is 0.325 e. The van der Waals surface area contributed by atoms with Gasteiger partial charge in [-0.25, -0.2) is 0 Å². The number of benzene rings is 1. The fourth-order valence-electron chi connectivity index (χ4n) is 2.05. The van der Waals surface area contributed by atoms with Crippen LogP contribution in [0.4, 0.5) is 0 Å². The molecule has 146 valence electrons. The minimum Gasteiger partial charge on any atom is -0.454 e. The Bertz CT molecular complexity index is 720. The number of ether oxygens (including phenoxy) is 3. The van der Waals surface area contributed by atoms with E-state index >= 15 is 0 Å². The van der Waals surface area contributed by atoms with Crippen LogP contribution < -0.4 is 25.4 Å². The van der Waals surface area contributed by atoms with Crippen molar-refractivity contribution >= 4 is 23.7 Å². The molecule has 0 unspecified atom stereocenters. The fraction of sp³-hybridized carbons (Fsp3) is 0.412. The fourth-order valence-corrected chi connectivity index (χ4v) is 2.05. The summed E-state index contributed by atoms with van der Waals surface area (Å²) < 4.78 is 15.1. The normalized spacial score (nSPS) is 11.4. The lowest BCUT2D eigenvalue weighted by Gasteiger charge is -2.08. The summed E-state index contributed by atoms with van der Waals surface area (Å²) in [6.07, 6.45) is 0.787. The van der Waals surface area contributed by atoms with Crippen LogP contribution in [-0.4, -0.2) is 56.7 Å². The van der Waals surface area contributed by atoms with Gasteiger partial charge in [0.25, 0.3) is 11.8 Å². The molecule has 3 N–H and O–H groups in total. The Balaban J connectivity index is 1.65. The van der Waals surface area contributed by atoms with Crippen LogP contribution in [0.3, 0.4) is 0 Å². The summed E-state index contributed by atoms with van der Waals surface area (Å²) >= 11 is 0. The number of carbonyl (C=O) groups excluding carboxylic acids is 4. The number of esters is 1. The Morgan fingerprint density at radius 3 is 2.56 bits per heavy atom. The average molecular weight is 379 g/mol. The Morgan fingerprint density at radius 1 is 1.00 bits per heavy atom. The van der Waals surface area contributed by atoms with Gasteiger partial charge in [-0.2, -0.15) is 0 Å². The molecule has 0 bridgehead atoms. The molecule has 0 saturated carbocycles. The van der Waals surface area contributed by atoms with Gasteiger partial charge in [-0.05, 0) is 24.6 Å². The molecule has 10 heteroatoms. The smallest absolute Gasteiger partial charge is 0.325 e. The van der Waals surface area contributed by atoms with Crippen LogP contribution in [0.25, 0.3) is 0 Å². The van der Waals surface area contributed by atoms with E-state index < -0.39 is 30.9 Å². The first-order valence-electron chi connectivity index (χ1n) is 8.36. The van der Waals surface area contributed by atoms with Crippen molar-refractivity contribution < 1.29 is 33.4 Å². The van der Waals surface area contributed by atoms with Gasteiger partial charge in [0.1, 0.15) is 6.54 Å². The number of rotatable bonds is 9. The maximum absolute atomic E-state index is 12.0. The van der Waals surface area contributed by atoms with E-state index in [1.807, 2.05) is 6.92 Å². The van der Waals surface area contributed by atoms with Crippen molar-refractivity contribution in [3.05, 3.63) is 23.8 Å². The molecule has 1 aromatic carbocycles. The minimum atomic E-state index is -0.783. The van der Waals surface area contributed by atoms with Crippen LogP contribution >= 0.6 is 0 Å². The van der Waals surface area contributed by atoms with Gasteiger partial charge < -0.3 is 30.2 Å². The predicted molar refractivity (Wildman–Crippen MR) is 92.2 cm³/mol. The number of nitrogens with one attached hydrogen (secondary N) is 3. The van der Waals surface area contributed by atoms with Crippen LogP contribution in [-0.2, 0) is 19.1 Å². The number of hydrogen-bond acceptors (Lipinski definition) is 7. The zero-order valence-electron chi connectivity index (χ0n) is 14.8. The highest BCUT2D eigenvalue weighted by Crippen LogP contribution is 2.32. The van der Waals surface area contributed by atoms with E-state index in [9.17, 15) is 19.2 Å². The van der Waals surface area contributed by atoms with E-state index in [1.54, 1.807) is 6.07 Å². The molecule has 1 aromatic rings. The van der Waals surface area contributed by atoms with Crippen molar-refractivity contribution in [1.29, 1.82) is 0 Å². The standard InChI is InChI=1S/C17H21N3O7/c1-2-5-18-14(21)7-19-15(22)9-25-16(23)8-20-17(24)11-3-4-12-13(6-11)27-10-26-12/h3-4,6H,2,5,7-10H2,1H3,(H,18,21)(H,19,22)(H,20,24). The molecule has 0 radical (unpaired) electrons. The molecule has 1 aliphatic heterocycles. The van der Waals surface area contributed by atoms with E-state index in [-0.39, 0.29) is 19.2 Å². The molecule has 0 fully saturated rings. The van der Waals surface area contributed by atoms with Gasteiger partial charge >= 0.3 is 5.97 Å². The Labute approximate surface area is 155 Å². The van der Waals surface area contributed by atoms with Gasteiger partial charge in [-0.1, -0.05) is 6.92 Å². The molecule has 1 aliphatic rings. The second-order valence-electron chi connectivity index (χ2n) is 5.54. The Kier molecular flexibility index (Phi) is 7.41. The van der Waals surface area contributed by atoms with Gasteiger partial charge in [0.2, 0.25) is 12.7 Å². The monoisotopic (exact) mass is 379 g/mol. The zero-order valence-corrected chi connectivity index (χ0v) is 14.8. The molecule has 0 saturated heterocycles. The molecule has 3 amide bonds. The second-order valence-corrected chi connectivity index (χ2v) is 5.54. The minimum absolute atomic E-state index is 0.0923. The highest BCUT2D eigenvalue weighted by Gasteiger charge is 2.17. The predicted octanol–water partition coefficient (Wildman–Crippen LogP) is -0.669. The number of carbonyl (C=O) groups is 4. The summed E-state index contributed by atoms with van der Waals surface area (Å²) in [7, 11) is 0. The lowest BCUT2D eigenvalue weighted by atomic mass is 10.2. The highest BCUT2D eigenvalue weighted by atomic mass is 16.7. The van der Waals surface area contributed by atoms with E-state index in [2.05, 4.69) is 16.0 Å². The molecular weight excluding hydrogens is 358 g/mol. The summed E-state index contributed by atoms with van der Waals surface area (Å²) in [5, 5.41) is 7.29. The molecule has 0 aromatic heterocycles. The largest absolute Gasteiger partial charge is 0.454 e. The topological polar surface area (TPSA) is 132 Å². The van der Waals surface area contributed by atoms with Crippen LogP contribution in [0.15, 0.2) is 18.2 Å². The van der Waals surface area contributed by atoms with Gasteiger partial charge in [0.15, 0.2) is 18.1 Å².